The van der Waals surface area contributed by atoms with Gasteiger partial charge in [0, 0.05) is 10.4 Å². The molecule has 3 aromatic rings. The number of rotatable bonds is 4. The zero-order valence-electron chi connectivity index (χ0n) is 14.2. The molecule has 0 unspecified atom stereocenters. The molecule has 0 saturated carbocycles. The average molecular weight is 426 g/mol. The van der Waals surface area contributed by atoms with E-state index in [1.54, 1.807) is 0 Å². The number of benzene rings is 2. The number of alkyl halides is 3. The summed E-state index contributed by atoms with van der Waals surface area (Å²) < 4.78 is 69.2. The lowest BCUT2D eigenvalue weighted by molar-refractivity contribution is -0.275. The van der Waals surface area contributed by atoms with Crippen LogP contribution in [0.25, 0.3) is 11.3 Å². The minimum atomic E-state index is -5.00. The number of anilines is 1. The van der Waals surface area contributed by atoms with Gasteiger partial charge in [-0.25, -0.2) is 13.4 Å². The van der Waals surface area contributed by atoms with Crippen molar-refractivity contribution in [3.63, 3.8) is 0 Å². The maximum absolute atomic E-state index is 12.7. The largest absolute Gasteiger partial charge is 0.573 e. The Balaban J connectivity index is 1.67. The number of halogens is 3. The topological polar surface area (TPSA) is 68.3 Å². The molecule has 0 fully saturated rings. The number of nitrogens with one attached hydrogen (secondary N) is 1. The van der Waals surface area contributed by atoms with Crippen molar-refractivity contribution >= 4 is 26.5 Å². The first-order valence-corrected chi connectivity index (χ1v) is 10.5. The molecule has 0 radical (unpaired) electrons. The molecule has 2 aromatic carbocycles. The molecule has 0 amide bonds. The highest BCUT2D eigenvalue weighted by molar-refractivity contribution is 7.93. The van der Waals surface area contributed by atoms with E-state index in [4.69, 9.17) is 0 Å². The zero-order valence-corrected chi connectivity index (χ0v) is 15.8. The fourth-order valence-corrected chi connectivity index (χ4v) is 5.38. The molecule has 146 valence electrons. The average Bonchev–Trinajstić information content (AvgIpc) is 3.03. The molecule has 1 aliphatic carbocycles. The van der Waals surface area contributed by atoms with Gasteiger partial charge in [-0.1, -0.05) is 36.4 Å². The van der Waals surface area contributed by atoms with Crippen molar-refractivity contribution in [3.05, 3.63) is 59.0 Å². The zero-order chi connectivity index (χ0) is 19.9. The molecule has 28 heavy (non-hydrogen) atoms. The van der Waals surface area contributed by atoms with Crippen molar-refractivity contribution in [2.75, 3.05) is 4.72 Å². The quantitative estimate of drug-likeness (QED) is 0.662. The van der Waals surface area contributed by atoms with E-state index in [1.165, 1.54) is 23.5 Å². The van der Waals surface area contributed by atoms with E-state index < -0.39 is 27.0 Å². The number of fused-ring (bicyclic) bond motifs is 3. The van der Waals surface area contributed by atoms with Gasteiger partial charge in [-0.15, -0.1) is 24.5 Å². The first-order valence-electron chi connectivity index (χ1n) is 8.18. The van der Waals surface area contributed by atoms with Crippen LogP contribution >= 0.6 is 11.3 Å². The maximum Gasteiger partial charge on any atom is 0.573 e. The van der Waals surface area contributed by atoms with Crippen molar-refractivity contribution in [2.24, 2.45) is 0 Å². The first kappa shape index (κ1) is 18.8. The molecule has 1 N–H and O–H groups in total. The van der Waals surface area contributed by atoms with E-state index in [9.17, 15) is 21.6 Å². The summed E-state index contributed by atoms with van der Waals surface area (Å²) in [6, 6.07) is 12.3. The van der Waals surface area contributed by atoms with Crippen LogP contribution in [0.15, 0.2) is 53.4 Å². The Hall–Kier alpha value is -2.59. The van der Waals surface area contributed by atoms with Crippen LogP contribution in [-0.2, 0) is 22.9 Å². The molecule has 1 aromatic heterocycles. The second kappa shape index (κ2) is 6.78. The lowest BCUT2D eigenvalue weighted by atomic mass is 9.94. The van der Waals surface area contributed by atoms with E-state index in [0.717, 1.165) is 41.0 Å². The molecule has 1 aliphatic rings. The third-order valence-corrected chi connectivity index (χ3v) is 6.72. The molecule has 0 bridgehead atoms. The molecule has 0 saturated heterocycles. The van der Waals surface area contributed by atoms with Gasteiger partial charge in [-0.3, -0.25) is 4.72 Å². The van der Waals surface area contributed by atoms with Gasteiger partial charge in [-0.2, -0.15) is 0 Å². The first-order chi connectivity index (χ1) is 13.2. The number of sulfonamides is 1. The van der Waals surface area contributed by atoms with Crippen LogP contribution in [0.5, 0.6) is 5.75 Å². The molecular formula is C18H13F3N2O3S2. The minimum Gasteiger partial charge on any atom is -0.404 e. The van der Waals surface area contributed by atoms with Gasteiger partial charge in [0.2, 0.25) is 0 Å². The monoisotopic (exact) mass is 426 g/mol. The van der Waals surface area contributed by atoms with Gasteiger partial charge in [0.15, 0.2) is 5.13 Å². The SMILES string of the molecule is O=S(=O)(Nc1nc2c(s1)CCc1ccccc1-2)c1ccccc1OC(F)(F)F. The number of thiazole rings is 1. The van der Waals surface area contributed by atoms with Crippen LogP contribution in [0, 0.1) is 0 Å². The molecule has 1 heterocycles. The fourth-order valence-electron chi connectivity index (χ4n) is 3.04. The summed E-state index contributed by atoms with van der Waals surface area (Å²) >= 11 is 1.18. The number of nitrogens with zero attached hydrogens (tertiary/aromatic N) is 1. The normalized spacial score (nSPS) is 13.5. The predicted molar refractivity (Wildman–Crippen MR) is 98.9 cm³/mol. The summed E-state index contributed by atoms with van der Waals surface area (Å²) in [5.41, 5.74) is 2.76. The van der Waals surface area contributed by atoms with Gasteiger partial charge in [-0.05, 0) is 30.5 Å². The molecule has 0 atom stereocenters. The van der Waals surface area contributed by atoms with Crippen LogP contribution < -0.4 is 9.46 Å². The van der Waals surface area contributed by atoms with Crippen molar-refractivity contribution in [3.8, 4) is 17.0 Å². The molecule has 0 spiro atoms. The highest BCUT2D eigenvalue weighted by Gasteiger charge is 2.34. The van der Waals surface area contributed by atoms with Crippen LogP contribution in [0.3, 0.4) is 0 Å². The fraction of sp³-hybridized carbons (Fsp3) is 0.167. The molecule has 5 nitrogen and oxygen atoms in total. The summed E-state index contributed by atoms with van der Waals surface area (Å²) in [5.74, 6) is -0.797. The summed E-state index contributed by atoms with van der Waals surface area (Å²) in [6.45, 7) is 0. The number of aromatic nitrogens is 1. The Morgan fingerprint density at radius 3 is 2.54 bits per heavy atom. The number of para-hydroxylation sites is 1. The lowest BCUT2D eigenvalue weighted by Gasteiger charge is -2.13. The third-order valence-electron chi connectivity index (χ3n) is 4.18. The van der Waals surface area contributed by atoms with Crippen molar-refractivity contribution < 1.29 is 26.3 Å². The summed E-state index contributed by atoms with van der Waals surface area (Å²) in [5, 5.41) is 0.100. The van der Waals surface area contributed by atoms with E-state index in [-0.39, 0.29) is 5.13 Å². The number of hydrogen-bond donors (Lipinski definition) is 1. The van der Waals surface area contributed by atoms with E-state index in [1.807, 2.05) is 24.3 Å². The number of aryl methyl sites for hydroxylation is 2. The molecular weight excluding hydrogens is 413 g/mol. The Morgan fingerprint density at radius 1 is 1.04 bits per heavy atom. The lowest BCUT2D eigenvalue weighted by Crippen LogP contribution is -2.20. The second-order valence-electron chi connectivity index (χ2n) is 6.05. The van der Waals surface area contributed by atoms with E-state index in [0.29, 0.717) is 5.69 Å². The van der Waals surface area contributed by atoms with Crippen molar-refractivity contribution in [1.82, 2.24) is 4.98 Å². The second-order valence-corrected chi connectivity index (χ2v) is 8.78. The van der Waals surface area contributed by atoms with Gasteiger partial charge >= 0.3 is 6.36 Å². The molecule has 10 heteroatoms. The Morgan fingerprint density at radius 2 is 1.75 bits per heavy atom. The van der Waals surface area contributed by atoms with E-state index >= 15 is 0 Å². The van der Waals surface area contributed by atoms with Crippen LogP contribution in [0.2, 0.25) is 0 Å². The standard InChI is InChI=1S/C18H13F3N2O3S2/c19-18(20,21)26-13-7-3-4-8-15(13)28(24,25)23-17-22-16-12-6-2-1-5-11(12)9-10-14(16)27-17/h1-8H,9-10H2,(H,22,23). The molecule has 4 rings (SSSR count). The van der Waals surface area contributed by atoms with Crippen molar-refractivity contribution in [2.45, 2.75) is 24.1 Å². The summed E-state index contributed by atoms with van der Waals surface area (Å²) in [7, 11) is -4.32. The van der Waals surface area contributed by atoms with Crippen molar-refractivity contribution in [1.29, 1.82) is 0 Å². The highest BCUT2D eigenvalue weighted by Crippen LogP contribution is 2.39. The summed E-state index contributed by atoms with van der Waals surface area (Å²) in [4.78, 5) is 4.69. The van der Waals surface area contributed by atoms with Crippen LogP contribution in [0.1, 0.15) is 10.4 Å². The number of hydrogen-bond acceptors (Lipinski definition) is 5. The number of ether oxygens (including phenoxy) is 1. The van der Waals surface area contributed by atoms with Gasteiger partial charge in [0.1, 0.15) is 10.6 Å². The van der Waals surface area contributed by atoms with Gasteiger partial charge in [0.05, 0.1) is 5.69 Å². The highest BCUT2D eigenvalue weighted by atomic mass is 32.2. The Labute approximate surface area is 162 Å². The maximum atomic E-state index is 12.7. The van der Waals surface area contributed by atoms with Gasteiger partial charge in [0.25, 0.3) is 10.0 Å². The predicted octanol–water partition coefficient (Wildman–Crippen LogP) is 4.61. The van der Waals surface area contributed by atoms with Crippen LogP contribution in [0.4, 0.5) is 18.3 Å². The smallest absolute Gasteiger partial charge is 0.404 e. The molecule has 0 aliphatic heterocycles. The Kier molecular flexibility index (Phi) is 4.54. The summed E-state index contributed by atoms with van der Waals surface area (Å²) in [6.07, 6.45) is -3.46. The van der Waals surface area contributed by atoms with Crippen LogP contribution in [-0.4, -0.2) is 19.8 Å². The van der Waals surface area contributed by atoms with Gasteiger partial charge < -0.3 is 4.74 Å². The van der Waals surface area contributed by atoms with E-state index in [2.05, 4.69) is 14.4 Å². The third kappa shape index (κ3) is 3.69. The minimum absolute atomic E-state index is 0.100. The Bertz CT molecular complexity index is 1140.